The van der Waals surface area contributed by atoms with Gasteiger partial charge < -0.3 is 9.26 Å². The van der Waals surface area contributed by atoms with Crippen molar-refractivity contribution in [1.29, 1.82) is 0 Å². The molecule has 1 heterocycles. The van der Waals surface area contributed by atoms with Gasteiger partial charge in [0.2, 0.25) is 0 Å². The van der Waals surface area contributed by atoms with Crippen LogP contribution in [0.4, 0.5) is 0 Å². The first-order valence-electron chi connectivity index (χ1n) is 7.33. The number of carbonyl (C=O) groups excluding carboxylic acids is 1. The number of esters is 1. The minimum Gasteiger partial charge on any atom is -0.426 e. The average molecular weight is 303 g/mol. The first kappa shape index (κ1) is 13.5. The van der Waals surface area contributed by atoms with Crippen molar-refractivity contribution in [2.75, 3.05) is 0 Å². The van der Waals surface area contributed by atoms with E-state index >= 15 is 0 Å². The number of nitrogens with zero attached hydrogens (tertiary/aromatic N) is 1. The van der Waals surface area contributed by atoms with E-state index in [1.807, 2.05) is 60.7 Å². The number of carbonyl (C=O) groups is 1. The number of rotatable bonds is 3. The van der Waals surface area contributed by atoms with Gasteiger partial charge in [-0.3, -0.25) is 4.79 Å². The van der Waals surface area contributed by atoms with E-state index in [1.165, 1.54) is 0 Å². The van der Waals surface area contributed by atoms with E-state index in [0.717, 1.165) is 16.2 Å². The lowest BCUT2D eigenvalue weighted by Crippen LogP contribution is -2.11. The largest absolute Gasteiger partial charge is 0.426 e. The van der Waals surface area contributed by atoms with Crippen LogP contribution in [-0.2, 0) is 11.2 Å². The maximum absolute atomic E-state index is 12.3. The van der Waals surface area contributed by atoms with Gasteiger partial charge in [0.15, 0.2) is 5.58 Å². The summed E-state index contributed by atoms with van der Waals surface area (Å²) in [6.07, 6.45) is 0.0697. The topological polar surface area (TPSA) is 52.3 Å². The van der Waals surface area contributed by atoms with Gasteiger partial charge in [0.05, 0.1) is 6.42 Å². The van der Waals surface area contributed by atoms with Gasteiger partial charge in [0, 0.05) is 10.8 Å². The number of para-hydroxylation sites is 1. The van der Waals surface area contributed by atoms with Crippen LogP contribution in [0, 0.1) is 0 Å². The van der Waals surface area contributed by atoms with Crippen molar-refractivity contribution in [1.82, 2.24) is 5.16 Å². The fourth-order valence-corrected chi connectivity index (χ4v) is 2.65. The van der Waals surface area contributed by atoms with Crippen LogP contribution < -0.4 is 4.74 Å². The maximum Gasteiger partial charge on any atom is 0.317 e. The predicted molar refractivity (Wildman–Crippen MR) is 87.3 cm³/mol. The highest BCUT2D eigenvalue weighted by molar-refractivity contribution is 5.91. The molecule has 0 fully saturated rings. The van der Waals surface area contributed by atoms with Crippen LogP contribution in [0.15, 0.2) is 71.3 Å². The summed E-state index contributed by atoms with van der Waals surface area (Å²) < 4.78 is 10.7. The zero-order valence-electron chi connectivity index (χ0n) is 12.2. The fraction of sp³-hybridized carbons (Fsp3) is 0.0526. The van der Waals surface area contributed by atoms with Gasteiger partial charge in [-0.05, 0) is 23.6 Å². The highest BCUT2D eigenvalue weighted by Gasteiger charge is 2.14. The summed E-state index contributed by atoms with van der Waals surface area (Å²) in [5.74, 6) is 0.196. The molecule has 0 radical (unpaired) electrons. The van der Waals surface area contributed by atoms with Gasteiger partial charge >= 0.3 is 5.97 Å². The second-order valence-corrected chi connectivity index (χ2v) is 5.25. The SMILES string of the molecule is O=C(Cc1noc2ccccc12)Oc1cccc2ccccc12. The molecule has 0 saturated carbocycles. The van der Waals surface area contributed by atoms with E-state index in [2.05, 4.69) is 5.16 Å². The van der Waals surface area contributed by atoms with Gasteiger partial charge in [-0.1, -0.05) is 53.7 Å². The van der Waals surface area contributed by atoms with Crippen LogP contribution >= 0.6 is 0 Å². The Hall–Kier alpha value is -3.14. The second-order valence-electron chi connectivity index (χ2n) is 5.25. The summed E-state index contributed by atoms with van der Waals surface area (Å²) in [5, 5.41) is 6.74. The molecule has 0 unspecified atom stereocenters. The first-order valence-corrected chi connectivity index (χ1v) is 7.33. The number of hydrogen-bond donors (Lipinski definition) is 0. The molecule has 0 aliphatic rings. The molecule has 4 heteroatoms. The maximum atomic E-state index is 12.3. The lowest BCUT2D eigenvalue weighted by atomic mass is 10.1. The zero-order valence-corrected chi connectivity index (χ0v) is 12.2. The Kier molecular flexibility index (Phi) is 3.27. The molecule has 0 spiro atoms. The number of aromatic nitrogens is 1. The van der Waals surface area contributed by atoms with Crippen molar-refractivity contribution in [2.45, 2.75) is 6.42 Å². The quantitative estimate of drug-likeness (QED) is 0.422. The monoisotopic (exact) mass is 303 g/mol. The van der Waals surface area contributed by atoms with Crippen LogP contribution in [-0.4, -0.2) is 11.1 Å². The lowest BCUT2D eigenvalue weighted by molar-refractivity contribution is -0.133. The normalized spacial score (nSPS) is 11.0. The Balaban J connectivity index is 1.60. The number of fused-ring (bicyclic) bond motifs is 2. The molecule has 4 nitrogen and oxygen atoms in total. The minimum absolute atomic E-state index is 0.0697. The molecule has 0 N–H and O–H groups in total. The third-order valence-electron chi connectivity index (χ3n) is 3.74. The third kappa shape index (κ3) is 2.55. The molecule has 0 aliphatic carbocycles. The Bertz CT molecular complexity index is 998. The van der Waals surface area contributed by atoms with Crippen molar-refractivity contribution in [3.05, 3.63) is 72.4 Å². The summed E-state index contributed by atoms with van der Waals surface area (Å²) in [4.78, 5) is 12.3. The van der Waals surface area contributed by atoms with E-state index < -0.39 is 0 Å². The smallest absolute Gasteiger partial charge is 0.317 e. The van der Waals surface area contributed by atoms with E-state index in [-0.39, 0.29) is 12.4 Å². The summed E-state index contributed by atoms with van der Waals surface area (Å²) in [6, 6.07) is 20.9. The van der Waals surface area contributed by atoms with Gasteiger partial charge in [0.1, 0.15) is 11.4 Å². The molecule has 4 aromatic rings. The zero-order chi connectivity index (χ0) is 15.6. The standard InChI is InChI=1S/C19H13NO3/c21-19(12-16-15-9-3-4-10-18(15)23-20-16)22-17-11-5-7-13-6-1-2-8-14(13)17/h1-11H,12H2. The molecule has 3 aromatic carbocycles. The fourth-order valence-electron chi connectivity index (χ4n) is 2.65. The lowest BCUT2D eigenvalue weighted by Gasteiger charge is -2.07. The average Bonchev–Trinajstić information content (AvgIpc) is 2.98. The van der Waals surface area contributed by atoms with Crippen LogP contribution in [0.1, 0.15) is 5.69 Å². The van der Waals surface area contributed by atoms with Gasteiger partial charge in [-0.25, -0.2) is 0 Å². The van der Waals surface area contributed by atoms with Crippen LogP contribution in [0.2, 0.25) is 0 Å². The van der Waals surface area contributed by atoms with E-state index in [4.69, 9.17) is 9.26 Å². The van der Waals surface area contributed by atoms with Crippen molar-refractivity contribution in [2.24, 2.45) is 0 Å². The van der Waals surface area contributed by atoms with Crippen LogP contribution in [0.25, 0.3) is 21.7 Å². The molecule has 0 bridgehead atoms. The van der Waals surface area contributed by atoms with Crippen molar-refractivity contribution >= 4 is 27.7 Å². The molecule has 4 rings (SSSR count). The Morgan fingerprint density at radius 3 is 2.57 bits per heavy atom. The molecule has 0 aliphatic heterocycles. The first-order chi connectivity index (χ1) is 11.3. The Labute approximate surface area is 132 Å². The van der Waals surface area contributed by atoms with Crippen molar-refractivity contribution in [3.63, 3.8) is 0 Å². The molecule has 0 atom stereocenters. The van der Waals surface area contributed by atoms with Crippen LogP contribution in [0.3, 0.4) is 0 Å². The molecule has 1 aromatic heterocycles. The highest BCUT2D eigenvalue weighted by Crippen LogP contribution is 2.26. The summed E-state index contributed by atoms with van der Waals surface area (Å²) in [5.41, 5.74) is 1.26. The molecule has 23 heavy (non-hydrogen) atoms. The summed E-state index contributed by atoms with van der Waals surface area (Å²) in [6.45, 7) is 0. The highest BCUT2D eigenvalue weighted by atomic mass is 16.5. The molecule has 0 saturated heterocycles. The Morgan fingerprint density at radius 2 is 1.65 bits per heavy atom. The van der Waals surface area contributed by atoms with E-state index in [9.17, 15) is 4.79 Å². The Morgan fingerprint density at radius 1 is 0.913 bits per heavy atom. The van der Waals surface area contributed by atoms with Crippen LogP contribution in [0.5, 0.6) is 5.75 Å². The summed E-state index contributed by atoms with van der Waals surface area (Å²) in [7, 11) is 0. The summed E-state index contributed by atoms with van der Waals surface area (Å²) >= 11 is 0. The van der Waals surface area contributed by atoms with Crippen molar-refractivity contribution in [3.8, 4) is 5.75 Å². The molecular weight excluding hydrogens is 290 g/mol. The molecule has 112 valence electrons. The number of hydrogen-bond acceptors (Lipinski definition) is 4. The molecular formula is C19H13NO3. The van der Waals surface area contributed by atoms with E-state index in [0.29, 0.717) is 17.0 Å². The van der Waals surface area contributed by atoms with E-state index in [1.54, 1.807) is 6.07 Å². The van der Waals surface area contributed by atoms with Gasteiger partial charge in [-0.2, -0.15) is 0 Å². The third-order valence-corrected chi connectivity index (χ3v) is 3.74. The van der Waals surface area contributed by atoms with Gasteiger partial charge in [-0.15, -0.1) is 0 Å². The number of benzene rings is 3. The number of ether oxygens (including phenoxy) is 1. The van der Waals surface area contributed by atoms with Gasteiger partial charge in [0.25, 0.3) is 0 Å². The minimum atomic E-state index is -0.361. The molecule has 0 amide bonds. The van der Waals surface area contributed by atoms with Crippen molar-refractivity contribution < 1.29 is 14.1 Å². The predicted octanol–water partition coefficient (Wildman–Crippen LogP) is 4.13. The second kappa shape index (κ2) is 5.57.